The molecule has 13 rings (SSSR count). The van der Waals surface area contributed by atoms with E-state index in [9.17, 15) is 22.8 Å². The van der Waals surface area contributed by atoms with E-state index in [1.165, 1.54) is 6.33 Å². The average molecular weight is 1170 g/mol. The van der Waals surface area contributed by atoms with Gasteiger partial charge in [-0.2, -0.15) is 23.4 Å². The van der Waals surface area contributed by atoms with Crippen molar-refractivity contribution in [1.29, 1.82) is 0 Å². The Balaban J connectivity index is 0.000000181. The number of nitrogen functional groups attached to an aromatic ring is 1. The fourth-order valence-corrected chi connectivity index (χ4v) is 14.7. The number of para-hydroxylation sites is 2. The molecule has 4 aromatic heterocycles. The second kappa shape index (κ2) is 24.7. The largest absolute Gasteiger partial charge is 0.471 e. The number of piperidine rings is 2. The average Bonchev–Trinajstić information content (AvgIpc) is 3.02. The summed E-state index contributed by atoms with van der Waals surface area (Å²) in [6.45, 7) is 2.87. The summed E-state index contributed by atoms with van der Waals surface area (Å²) in [7, 11) is -2.66. The van der Waals surface area contributed by atoms with Crippen LogP contribution in [0.2, 0.25) is 0 Å². The van der Waals surface area contributed by atoms with E-state index in [0.717, 1.165) is 73.9 Å². The normalized spacial score (nSPS) is 15.4. The van der Waals surface area contributed by atoms with Crippen LogP contribution in [0.4, 0.5) is 24.8 Å². The summed E-state index contributed by atoms with van der Waals surface area (Å²) in [6.07, 6.45) is 0.698. The number of hydrogen-bond acceptors (Lipinski definition) is 12. The fraction of sp³-hybridized carbons (Fsp3) is 0.182. The Morgan fingerprint density at radius 2 is 0.919 bits per heavy atom. The number of anilines is 1. The summed E-state index contributed by atoms with van der Waals surface area (Å²) >= 11 is 0. The quantitative estimate of drug-likeness (QED) is 0.115. The van der Waals surface area contributed by atoms with Gasteiger partial charge in [0.25, 0.3) is 0 Å². The van der Waals surface area contributed by atoms with E-state index >= 15 is 0 Å². The minimum Gasteiger partial charge on any atom is -0.457 e. The second-order valence-corrected chi connectivity index (χ2v) is 23.9. The predicted molar refractivity (Wildman–Crippen MR) is 328 cm³/mol. The maximum absolute atomic E-state index is 13.0. The lowest BCUT2D eigenvalue weighted by molar-refractivity contribution is -0.187. The molecule has 0 aliphatic carbocycles. The molecule has 6 heterocycles. The molecule has 2 aliphatic heterocycles. The molecule has 0 spiro atoms. The number of nitrogens with two attached hydrogens (primary N) is 1. The summed E-state index contributed by atoms with van der Waals surface area (Å²) < 4.78 is 60.3. The van der Waals surface area contributed by atoms with Crippen molar-refractivity contribution in [3.63, 3.8) is 0 Å². The maximum Gasteiger partial charge on any atom is 0.471 e. The molecule has 2 N–H and O–H groups in total. The van der Waals surface area contributed by atoms with Gasteiger partial charge in [-0.05, 0) is 98.5 Å². The molecular formula is C66H58F3N12O4P. The van der Waals surface area contributed by atoms with Crippen molar-refractivity contribution in [1.82, 2.24) is 49.3 Å². The van der Waals surface area contributed by atoms with E-state index in [4.69, 9.17) is 35.0 Å². The smallest absolute Gasteiger partial charge is 0.457 e. The highest BCUT2D eigenvalue weighted by molar-refractivity contribution is 7.87. The lowest BCUT2D eigenvalue weighted by Crippen LogP contribution is -2.46. The first-order valence-electron chi connectivity index (χ1n) is 28.2. The molecule has 2 aliphatic rings. The van der Waals surface area contributed by atoms with Gasteiger partial charge in [-0.3, -0.25) is 9.59 Å². The topological polar surface area (TPSA) is 185 Å². The Labute approximate surface area is 493 Å². The van der Waals surface area contributed by atoms with Gasteiger partial charge in [-0.15, -0.1) is 0 Å². The van der Waals surface area contributed by atoms with E-state index in [1.54, 1.807) is 30.1 Å². The third-order valence-electron chi connectivity index (χ3n) is 15.3. The van der Waals surface area contributed by atoms with Gasteiger partial charge in [0.1, 0.15) is 52.9 Å². The summed E-state index contributed by atoms with van der Waals surface area (Å²) in [4.78, 5) is 45.2. The van der Waals surface area contributed by atoms with Gasteiger partial charge in [-0.25, -0.2) is 34.0 Å². The zero-order chi connectivity index (χ0) is 59.2. The standard InChI is InChI=1S/C42H37N6O2P.C24H21F3N6O2/c1-31(49)47-28-14-15-33(29-47)48-42-39(40(45-48)32-24-26-35(27-25-32)50-34-16-6-2-7-17-34)41(43-30-44-42)46-51(36-18-8-3-9-19-36,37-20-10-4-11-21-37)38-22-12-5-13-23-38;25-24(26,27)23(34)32-12-4-5-16(13-32)33-22-19(21(28)29-14-30-22)20(31-33)15-8-10-18(11-9-15)35-17-6-2-1-3-7-17/h2-13,16-27,30,33H,14-15,28-29H2,1H3;1-3,6-11,14,16H,4-5,12-13H2,(H2,28,29,30)/t33-;16-/m11/s1. The lowest BCUT2D eigenvalue weighted by Gasteiger charge is -2.33. The van der Waals surface area contributed by atoms with E-state index in [0.29, 0.717) is 59.1 Å². The summed E-state index contributed by atoms with van der Waals surface area (Å²) in [6, 6.07) is 65.3. The zero-order valence-electron chi connectivity index (χ0n) is 46.7. The van der Waals surface area contributed by atoms with Crippen molar-refractivity contribution in [3.05, 3.63) is 213 Å². The number of fused-ring (bicyclic) bond motifs is 2. The van der Waals surface area contributed by atoms with Crippen molar-refractivity contribution >= 4 is 68.5 Å². The number of ether oxygens (including phenoxy) is 2. The van der Waals surface area contributed by atoms with E-state index in [2.05, 4.69) is 87.9 Å². The van der Waals surface area contributed by atoms with Crippen LogP contribution in [-0.2, 0) is 9.59 Å². The molecule has 86 heavy (non-hydrogen) atoms. The van der Waals surface area contributed by atoms with Gasteiger partial charge in [0, 0.05) is 60.1 Å². The van der Waals surface area contributed by atoms with Crippen molar-refractivity contribution in [2.75, 3.05) is 31.9 Å². The molecule has 432 valence electrons. The Bertz CT molecular complexity index is 4110. The Kier molecular flexibility index (Phi) is 16.2. The number of carbonyl (C=O) groups is 2. The van der Waals surface area contributed by atoms with Crippen LogP contribution < -0.4 is 31.1 Å². The van der Waals surface area contributed by atoms with Crippen LogP contribution in [0.15, 0.2) is 218 Å². The number of alkyl halides is 3. The van der Waals surface area contributed by atoms with Crippen LogP contribution in [0, 0.1) is 0 Å². The number of nitrogens with zero attached hydrogens (tertiary/aromatic N) is 11. The van der Waals surface area contributed by atoms with Gasteiger partial charge < -0.3 is 25.0 Å². The van der Waals surface area contributed by atoms with Gasteiger partial charge in [0.2, 0.25) is 5.91 Å². The van der Waals surface area contributed by atoms with Gasteiger partial charge in [0.15, 0.2) is 17.1 Å². The molecule has 0 bridgehead atoms. The van der Waals surface area contributed by atoms with Gasteiger partial charge in [-0.1, -0.05) is 127 Å². The molecule has 0 unspecified atom stereocenters. The number of hydrogen-bond donors (Lipinski definition) is 1. The third kappa shape index (κ3) is 11.8. The van der Waals surface area contributed by atoms with Crippen LogP contribution in [0.1, 0.15) is 44.7 Å². The van der Waals surface area contributed by atoms with E-state index < -0.39 is 25.2 Å². The molecule has 2 saturated heterocycles. The molecule has 2 fully saturated rings. The molecular weight excluding hydrogens is 1110 g/mol. The van der Waals surface area contributed by atoms with Crippen LogP contribution in [0.25, 0.3) is 44.6 Å². The maximum atomic E-state index is 13.0. The number of aromatic nitrogens is 8. The van der Waals surface area contributed by atoms with Crippen molar-refractivity contribution in [3.8, 4) is 45.5 Å². The summed E-state index contributed by atoms with van der Waals surface area (Å²) in [5, 5.41) is 14.6. The van der Waals surface area contributed by atoms with Crippen LogP contribution >= 0.6 is 7.05 Å². The monoisotopic (exact) mass is 1170 g/mol. The zero-order valence-corrected chi connectivity index (χ0v) is 47.6. The number of carbonyl (C=O) groups excluding carboxylic acids is 2. The molecule has 0 saturated carbocycles. The van der Waals surface area contributed by atoms with E-state index in [1.807, 2.05) is 125 Å². The van der Waals surface area contributed by atoms with Gasteiger partial charge in [0.05, 0.1) is 29.9 Å². The second-order valence-electron chi connectivity index (χ2n) is 20.9. The number of amides is 2. The minimum absolute atomic E-state index is 0.0424. The molecule has 0 radical (unpaired) electrons. The molecule has 2 amide bonds. The number of likely N-dealkylation sites (tertiary alicyclic amines) is 2. The van der Waals surface area contributed by atoms with Crippen LogP contribution in [-0.4, -0.2) is 93.5 Å². The fourth-order valence-electron chi connectivity index (χ4n) is 11.2. The molecule has 11 aromatic rings. The minimum atomic E-state index is -4.92. The SMILES string of the molecule is CC(=O)N1CCC[C@@H](n2nc(-c3ccc(Oc4ccccc4)cc3)c3c(N=P(c4ccccc4)(c4ccccc4)c4ccccc4)ncnc32)C1.Nc1ncnc2c1c(-c1ccc(Oc3ccccc3)cc1)nn2[C@@H]1CCCN(C(=O)C(F)(F)F)C1. The van der Waals surface area contributed by atoms with Crippen LogP contribution in [0.5, 0.6) is 23.0 Å². The molecule has 16 nitrogen and oxygen atoms in total. The van der Waals surface area contributed by atoms with E-state index in [-0.39, 0.29) is 30.9 Å². The highest BCUT2D eigenvalue weighted by Gasteiger charge is 2.44. The predicted octanol–water partition coefficient (Wildman–Crippen LogP) is 12.9. The lowest BCUT2D eigenvalue weighted by atomic mass is 10.1. The third-order valence-corrected chi connectivity index (χ3v) is 18.9. The number of benzene rings is 7. The molecule has 20 heteroatoms. The summed E-state index contributed by atoms with van der Waals surface area (Å²) in [5.74, 6) is 1.83. The first-order chi connectivity index (χ1) is 41.9. The Morgan fingerprint density at radius 1 is 0.523 bits per heavy atom. The first kappa shape index (κ1) is 56.5. The number of rotatable bonds is 12. The molecule has 7 aromatic carbocycles. The van der Waals surface area contributed by atoms with Crippen LogP contribution in [0.3, 0.4) is 0 Å². The summed E-state index contributed by atoms with van der Waals surface area (Å²) in [5.41, 5.74) is 10.1. The van der Waals surface area contributed by atoms with Crippen molar-refractivity contribution in [2.24, 2.45) is 4.74 Å². The first-order valence-corrected chi connectivity index (χ1v) is 29.9. The van der Waals surface area contributed by atoms with Crippen molar-refractivity contribution in [2.45, 2.75) is 50.9 Å². The Hall–Kier alpha value is -10.0. The van der Waals surface area contributed by atoms with Crippen molar-refractivity contribution < 1.29 is 32.2 Å². The molecule has 2 atom stereocenters. The number of halogens is 3. The highest BCUT2D eigenvalue weighted by atomic mass is 31.2. The highest BCUT2D eigenvalue weighted by Crippen LogP contribution is 2.51. The van der Waals surface area contributed by atoms with Gasteiger partial charge >= 0.3 is 12.1 Å². The Morgan fingerprint density at radius 3 is 1.37 bits per heavy atom.